The molecule has 1 aromatic carbocycles. The van der Waals surface area contributed by atoms with Crippen molar-refractivity contribution >= 4 is 0 Å². The van der Waals surface area contributed by atoms with Crippen molar-refractivity contribution < 1.29 is 9.13 Å². The summed E-state index contributed by atoms with van der Waals surface area (Å²) in [6.07, 6.45) is -0.194. The highest BCUT2D eigenvalue weighted by Crippen LogP contribution is 2.16. The van der Waals surface area contributed by atoms with Crippen LogP contribution in [-0.4, -0.2) is 13.2 Å². The van der Waals surface area contributed by atoms with Gasteiger partial charge in [-0.25, -0.2) is 4.39 Å². The van der Waals surface area contributed by atoms with Crippen LogP contribution in [0.3, 0.4) is 0 Å². The highest BCUT2D eigenvalue weighted by atomic mass is 19.1. The smallest absolute Gasteiger partial charge is 0.123 e. The first-order chi connectivity index (χ1) is 6.27. The SMILES string of the molecule is CCOC(CN)c1cccc(F)c1. The molecule has 0 bridgehead atoms. The zero-order chi connectivity index (χ0) is 9.68. The summed E-state index contributed by atoms with van der Waals surface area (Å²) in [5.74, 6) is -0.254. The minimum Gasteiger partial charge on any atom is -0.372 e. The lowest BCUT2D eigenvalue weighted by Crippen LogP contribution is -2.15. The van der Waals surface area contributed by atoms with Gasteiger partial charge in [0.25, 0.3) is 0 Å². The fourth-order valence-electron chi connectivity index (χ4n) is 1.21. The Balaban J connectivity index is 2.78. The van der Waals surface area contributed by atoms with E-state index in [-0.39, 0.29) is 11.9 Å². The highest BCUT2D eigenvalue weighted by molar-refractivity contribution is 5.19. The van der Waals surface area contributed by atoms with Crippen LogP contribution in [-0.2, 0) is 4.74 Å². The fraction of sp³-hybridized carbons (Fsp3) is 0.400. The van der Waals surface area contributed by atoms with E-state index in [2.05, 4.69) is 0 Å². The molecule has 0 fully saturated rings. The summed E-state index contributed by atoms with van der Waals surface area (Å²) >= 11 is 0. The summed E-state index contributed by atoms with van der Waals surface area (Å²) in [5.41, 5.74) is 6.29. The van der Waals surface area contributed by atoms with Gasteiger partial charge in [-0.2, -0.15) is 0 Å². The summed E-state index contributed by atoms with van der Waals surface area (Å²) in [5, 5.41) is 0. The number of ether oxygens (including phenoxy) is 1. The molecular weight excluding hydrogens is 169 g/mol. The zero-order valence-electron chi connectivity index (χ0n) is 7.66. The quantitative estimate of drug-likeness (QED) is 0.773. The third-order valence-corrected chi connectivity index (χ3v) is 1.80. The summed E-state index contributed by atoms with van der Waals surface area (Å²) in [7, 11) is 0. The van der Waals surface area contributed by atoms with E-state index in [1.165, 1.54) is 12.1 Å². The molecule has 2 N–H and O–H groups in total. The van der Waals surface area contributed by atoms with E-state index in [1.807, 2.05) is 13.0 Å². The van der Waals surface area contributed by atoms with E-state index < -0.39 is 0 Å². The predicted octanol–water partition coefficient (Wildman–Crippen LogP) is 1.86. The molecule has 1 aromatic rings. The summed E-state index contributed by atoms with van der Waals surface area (Å²) in [6.45, 7) is 2.84. The first kappa shape index (κ1) is 10.2. The molecule has 0 aromatic heterocycles. The molecule has 1 rings (SSSR count). The van der Waals surface area contributed by atoms with Crippen molar-refractivity contribution in [2.75, 3.05) is 13.2 Å². The first-order valence-corrected chi connectivity index (χ1v) is 4.35. The molecule has 13 heavy (non-hydrogen) atoms. The molecule has 0 saturated carbocycles. The van der Waals surface area contributed by atoms with Gasteiger partial charge in [-0.3, -0.25) is 0 Å². The van der Waals surface area contributed by atoms with Crippen LogP contribution < -0.4 is 5.73 Å². The predicted molar refractivity (Wildman–Crippen MR) is 49.8 cm³/mol. The zero-order valence-corrected chi connectivity index (χ0v) is 7.66. The first-order valence-electron chi connectivity index (χ1n) is 4.35. The minimum absolute atomic E-state index is 0.194. The van der Waals surface area contributed by atoms with E-state index in [4.69, 9.17) is 10.5 Å². The van der Waals surface area contributed by atoms with Gasteiger partial charge in [0.05, 0.1) is 6.10 Å². The average Bonchev–Trinajstić information content (AvgIpc) is 2.14. The van der Waals surface area contributed by atoms with Crippen molar-refractivity contribution in [2.24, 2.45) is 5.73 Å². The number of nitrogens with two attached hydrogens (primary N) is 1. The molecule has 0 aliphatic heterocycles. The maximum atomic E-state index is 12.8. The maximum absolute atomic E-state index is 12.8. The normalized spacial score (nSPS) is 12.8. The summed E-state index contributed by atoms with van der Waals surface area (Å²) in [6, 6.07) is 6.33. The molecule has 0 heterocycles. The van der Waals surface area contributed by atoms with Gasteiger partial charge in [-0.15, -0.1) is 0 Å². The van der Waals surface area contributed by atoms with Crippen LogP contribution in [0.1, 0.15) is 18.6 Å². The molecule has 72 valence electrons. The van der Waals surface area contributed by atoms with Crippen LogP contribution in [0.15, 0.2) is 24.3 Å². The van der Waals surface area contributed by atoms with E-state index in [1.54, 1.807) is 6.07 Å². The van der Waals surface area contributed by atoms with Crippen molar-refractivity contribution in [1.29, 1.82) is 0 Å². The largest absolute Gasteiger partial charge is 0.372 e. The standard InChI is InChI=1S/C10H14FNO/c1-2-13-10(7-12)8-4-3-5-9(11)6-8/h3-6,10H,2,7,12H2,1H3. The van der Waals surface area contributed by atoms with Gasteiger partial charge in [0, 0.05) is 13.2 Å². The molecule has 0 radical (unpaired) electrons. The Bertz CT molecular complexity index is 265. The topological polar surface area (TPSA) is 35.2 Å². The molecule has 0 aliphatic carbocycles. The van der Waals surface area contributed by atoms with Crippen LogP contribution in [0.4, 0.5) is 4.39 Å². The molecule has 2 nitrogen and oxygen atoms in total. The third kappa shape index (κ3) is 2.79. The lowest BCUT2D eigenvalue weighted by atomic mass is 10.1. The minimum atomic E-state index is -0.254. The van der Waals surface area contributed by atoms with Gasteiger partial charge in [0.2, 0.25) is 0 Å². The number of rotatable bonds is 4. The molecule has 0 saturated heterocycles. The van der Waals surface area contributed by atoms with Crippen LogP contribution in [0.5, 0.6) is 0 Å². The number of benzene rings is 1. The van der Waals surface area contributed by atoms with Crippen LogP contribution >= 0.6 is 0 Å². The van der Waals surface area contributed by atoms with Gasteiger partial charge >= 0.3 is 0 Å². The lowest BCUT2D eigenvalue weighted by molar-refractivity contribution is 0.0686. The Labute approximate surface area is 77.5 Å². The van der Waals surface area contributed by atoms with Gasteiger partial charge < -0.3 is 10.5 Å². The van der Waals surface area contributed by atoms with Gasteiger partial charge in [-0.05, 0) is 24.6 Å². The number of hydrogen-bond donors (Lipinski definition) is 1. The van der Waals surface area contributed by atoms with E-state index in [9.17, 15) is 4.39 Å². The fourth-order valence-corrected chi connectivity index (χ4v) is 1.21. The molecule has 1 unspecified atom stereocenters. The molecule has 3 heteroatoms. The van der Waals surface area contributed by atoms with Gasteiger partial charge in [0.1, 0.15) is 5.82 Å². The molecule has 1 atom stereocenters. The summed E-state index contributed by atoms with van der Waals surface area (Å²) < 4.78 is 18.1. The second-order valence-electron chi connectivity index (χ2n) is 2.73. The van der Waals surface area contributed by atoms with Crippen molar-refractivity contribution in [2.45, 2.75) is 13.0 Å². The van der Waals surface area contributed by atoms with E-state index in [0.29, 0.717) is 13.2 Å². The lowest BCUT2D eigenvalue weighted by Gasteiger charge is -2.14. The molecule has 0 spiro atoms. The van der Waals surface area contributed by atoms with Crippen LogP contribution in [0.2, 0.25) is 0 Å². The maximum Gasteiger partial charge on any atom is 0.123 e. The molecular formula is C10H14FNO. The Hall–Kier alpha value is -0.930. The summed E-state index contributed by atoms with van der Waals surface area (Å²) in [4.78, 5) is 0. The van der Waals surface area contributed by atoms with Gasteiger partial charge in [-0.1, -0.05) is 12.1 Å². The van der Waals surface area contributed by atoms with Crippen molar-refractivity contribution in [3.05, 3.63) is 35.6 Å². The van der Waals surface area contributed by atoms with Gasteiger partial charge in [0.15, 0.2) is 0 Å². The molecule has 0 aliphatic rings. The Morgan fingerprint density at radius 3 is 2.85 bits per heavy atom. The van der Waals surface area contributed by atoms with Crippen molar-refractivity contribution in [1.82, 2.24) is 0 Å². The van der Waals surface area contributed by atoms with Crippen LogP contribution in [0.25, 0.3) is 0 Å². The van der Waals surface area contributed by atoms with E-state index >= 15 is 0 Å². The Morgan fingerprint density at radius 1 is 1.54 bits per heavy atom. The molecule has 0 amide bonds. The Morgan fingerprint density at radius 2 is 2.31 bits per heavy atom. The average molecular weight is 183 g/mol. The van der Waals surface area contributed by atoms with Crippen LogP contribution in [0, 0.1) is 5.82 Å². The monoisotopic (exact) mass is 183 g/mol. The number of halogens is 1. The second-order valence-corrected chi connectivity index (χ2v) is 2.73. The van der Waals surface area contributed by atoms with Crippen molar-refractivity contribution in [3.8, 4) is 0 Å². The van der Waals surface area contributed by atoms with Crippen molar-refractivity contribution in [3.63, 3.8) is 0 Å². The highest BCUT2D eigenvalue weighted by Gasteiger charge is 2.08. The number of hydrogen-bond acceptors (Lipinski definition) is 2. The van der Waals surface area contributed by atoms with E-state index in [0.717, 1.165) is 5.56 Å². The Kier molecular flexibility index (Phi) is 3.86. The third-order valence-electron chi connectivity index (χ3n) is 1.80. The second kappa shape index (κ2) is 4.94.